The summed E-state index contributed by atoms with van der Waals surface area (Å²) in [6.07, 6.45) is 2.51. The molecule has 0 bridgehead atoms. The normalized spacial score (nSPS) is 15.1. The quantitative estimate of drug-likeness (QED) is 0.601. The van der Waals surface area contributed by atoms with E-state index in [9.17, 15) is 9.32 Å². The first kappa shape index (κ1) is 20.1. The van der Waals surface area contributed by atoms with Crippen LogP contribution in [0.4, 0.5) is 5.69 Å². The number of nitrogens with two attached hydrogens (primary N) is 2. The van der Waals surface area contributed by atoms with Crippen molar-refractivity contribution in [2.75, 3.05) is 12.3 Å². The molecular weight excluding hydrogens is 310 g/mol. The first-order valence-corrected chi connectivity index (χ1v) is 9.22. The van der Waals surface area contributed by atoms with Crippen molar-refractivity contribution in [3.05, 3.63) is 24.3 Å². The summed E-state index contributed by atoms with van der Waals surface area (Å²) in [5, 5.41) is 9.79. The molecule has 0 aliphatic heterocycles. The van der Waals surface area contributed by atoms with E-state index in [1.54, 1.807) is 24.3 Å². The maximum Gasteiger partial charge on any atom is 0.128 e. The summed E-state index contributed by atoms with van der Waals surface area (Å²) in [7, 11) is -1.33. The lowest BCUT2D eigenvalue weighted by atomic mass is 9.97. The van der Waals surface area contributed by atoms with Crippen LogP contribution in [0.25, 0.3) is 0 Å². The van der Waals surface area contributed by atoms with E-state index in [0.717, 1.165) is 19.3 Å². The van der Waals surface area contributed by atoms with Crippen LogP contribution in [0.15, 0.2) is 29.2 Å². The van der Waals surface area contributed by atoms with Crippen LogP contribution in [0.1, 0.15) is 47.0 Å². The summed E-state index contributed by atoms with van der Waals surface area (Å²) in [5.41, 5.74) is 12.1. The second-order valence-electron chi connectivity index (χ2n) is 6.99. The predicted molar refractivity (Wildman–Crippen MR) is 97.2 cm³/mol. The lowest BCUT2D eigenvalue weighted by Crippen LogP contribution is -2.44. The highest BCUT2D eigenvalue weighted by atomic mass is 32.2. The number of hydrogen-bond donors (Lipinski definition) is 3. The Morgan fingerprint density at radius 2 is 1.83 bits per heavy atom. The number of rotatable bonds is 9. The van der Waals surface area contributed by atoms with Crippen molar-refractivity contribution in [2.45, 2.75) is 69.5 Å². The molecule has 2 atom stereocenters. The molecule has 0 aliphatic rings. The van der Waals surface area contributed by atoms with Crippen molar-refractivity contribution < 1.29 is 9.32 Å². The molecule has 23 heavy (non-hydrogen) atoms. The molecule has 6 heteroatoms. The van der Waals surface area contributed by atoms with Gasteiger partial charge in [-0.1, -0.05) is 0 Å². The Labute approximate surface area is 142 Å². The minimum Gasteiger partial charge on any atom is -0.399 e. The van der Waals surface area contributed by atoms with E-state index in [-0.39, 0.29) is 24.2 Å². The van der Waals surface area contributed by atoms with Gasteiger partial charge in [-0.3, -0.25) is 0 Å². The minimum absolute atomic E-state index is 0.0239. The molecule has 1 rings (SSSR count). The number of aliphatic hydroxyl groups is 1. The van der Waals surface area contributed by atoms with E-state index in [0.29, 0.717) is 10.6 Å². The van der Waals surface area contributed by atoms with E-state index in [1.807, 2.05) is 32.0 Å². The molecule has 1 aromatic carbocycles. The number of benzene rings is 1. The van der Waals surface area contributed by atoms with Gasteiger partial charge in [0.15, 0.2) is 0 Å². The third kappa shape index (κ3) is 6.59. The highest BCUT2D eigenvalue weighted by molar-refractivity contribution is 7.82. The fourth-order valence-corrected chi connectivity index (χ4v) is 3.98. The summed E-state index contributed by atoms with van der Waals surface area (Å²) in [4.78, 5) is 0.700. The predicted octanol–water partition coefficient (Wildman–Crippen LogP) is 2.27. The molecule has 0 radical (unpaired) electrons. The van der Waals surface area contributed by atoms with Crippen LogP contribution in [0.2, 0.25) is 0 Å². The molecule has 5 nitrogen and oxygen atoms in total. The van der Waals surface area contributed by atoms with Gasteiger partial charge in [0.05, 0.1) is 11.5 Å². The van der Waals surface area contributed by atoms with E-state index >= 15 is 0 Å². The lowest BCUT2D eigenvalue weighted by molar-refractivity contribution is 0.161. The minimum atomic E-state index is -1.33. The molecule has 5 N–H and O–H groups in total. The van der Waals surface area contributed by atoms with Gasteiger partial charge in [-0.15, -0.1) is 0 Å². The van der Waals surface area contributed by atoms with Gasteiger partial charge in [0.25, 0.3) is 0 Å². The fourth-order valence-electron chi connectivity index (χ4n) is 2.55. The van der Waals surface area contributed by atoms with Gasteiger partial charge in [0, 0.05) is 23.3 Å². The van der Waals surface area contributed by atoms with Crippen molar-refractivity contribution >= 4 is 16.7 Å². The largest absolute Gasteiger partial charge is 0.399 e. The Bertz CT molecular complexity index is 498. The standard InChI is InChI=1S/C17H31N3O2S/c1-13(2)20(15(12-21)6-5-11-17(3,4)19)23(22)16-9-7-14(18)8-10-16/h7-10,13,15,21H,5-6,11-12,18-19H2,1-4H3. The number of nitrogens with zero attached hydrogens (tertiary/aromatic N) is 1. The van der Waals surface area contributed by atoms with Crippen LogP contribution in [0.5, 0.6) is 0 Å². The molecule has 0 aromatic heterocycles. The summed E-state index contributed by atoms with van der Waals surface area (Å²) in [6, 6.07) is 6.94. The van der Waals surface area contributed by atoms with Crippen LogP contribution in [0.3, 0.4) is 0 Å². The van der Waals surface area contributed by atoms with Crippen LogP contribution in [0, 0.1) is 0 Å². The summed E-state index contributed by atoms with van der Waals surface area (Å²) in [5.74, 6) is 0. The maximum absolute atomic E-state index is 12.9. The summed E-state index contributed by atoms with van der Waals surface area (Å²) >= 11 is 0. The van der Waals surface area contributed by atoms with Gasteiger partial charge in [-0.25, -0.2) is 8.51 Å². The Balaban J connectivity index is 2.85. The zero-order valence-corrected chi connectivity index (χ0v) is 15.5. The number of hydrogen-bond acceptors (Lipinski definition) is 4. The summed E-state index contributed by atoms with van der Waals surface area (Å²) in [6.45, 7) is 7.95. The van der Waals surface area contributed by atoms with Crippen molar-refractivity contribution in [3.63, 3.8) is 0 Å². The number of aliphatic hydroxyl groups excluding tert-OH is 1. The van der Waals surface area contributed by atoms with E-state index in [4.69, 9.17) is 11.5 Å². The average molecular weight is 342 g/mol. The van der Waals surface area contributed by atoms with Crippen molar-refractivity contribution in [2.24, 2.45) is 5.73 Å². The fraction of sp³-hybridized carbons (Fsp3) is 0.647. The molecular formula is C17H31N3O2S. The molecule has 0 aliphatic carbocycles. The average Bonchev–Trinajstić information content (AvgIpc) is 2.44. The number of anilines is 1. The second kappa shape index (κ2) is 8.78. The van der Waals surface area contributed by atoms with Gasteiger partial charge in [-0.2, -0.15) is 0 Å². The molecule has 0 fully saturated rings. The zero-order valence-electron chi connectivity index (χ0n) is 14.7. The molecule has 0 spiro atoms. The second-order valence-corrected chi connectivity index (χ2v) is 8.38. The van der Waals surface area contributed by atoms with Gasteiger partial charge < -0.3 is 16.6 Å². The Morgan fingerprint density at radius 3 is 2.26 bits per heavy atom. The monoisotopic (exact) mass is 341 g/mol. The number of nitrogen functional groups attached to an aromatic ring is 1. The third-order valence-corrected chi connectivity index (χ3v) is 5.49. The van der Waals surface area contributed by atoms with Gasteiger partial charge in [0.2, 0.25) is 0 Å². The zero-order chi connectivity index (χ0) is 17.6. The van der Waals surface area contributed by atoms with E-state index < -0.39 is 11.0 Å². The molecule has 132 valence electrons. The van der Waals surface area contributed by atoms with Crippen LogP contribution >= 0.6 is 0 Å². The molecule has 0 saturated heterocycles. The molecule has 2 unspecified atom stereocenters. The van der Waals surface area contributed by atoms with Crippen molar-refractivity contribution in [1.82, 2.24) is 4.31 Å². The highest BCUT2D eigenvalue weighted by Crippen LogP contribution is 2.22. The molecule has 0 heterocycles. The van der Waals surface area contributed by atoms with Crippen LogP contribution in [-0.4, -0.2) is 37.9 Å². The smallest absolute Gasteiger partial charge is 0.128 e. The Kier molecular flexibility index (Phi) is 7.67. The molecule has 1 aromatic rings. The van der Waals surface area contributed by atoms with Gasteiger partial charge in [0.1, 0.15) is 11.0 Å². The van der Waals surface area contributed by atoms with E-state index in [1.165, 1.54) is 0 Å². The SMILES string of the molecule is CC(C)N(C(CO)CCCC(C)(C)N)S(=O)c1ccc(N)cc1. The topological polar surface area (TPSA) is 92.6 Å². The first-order chi connectivity index (χ1) is 10.7. The molecule has 0 amide bonds. The maximum atomic E-state index is 12.9. The van der Waals surface area contributed by atoms with Gasteiger partial charge >= 0.3 is 0 Å². The Hall–Kier alpha value is -0.950. The lowest BCUT2D eigenvalue weighted by Gasteiger charge is -2.33. The summed E-state index contributed by atoms with van der Waals surface area (Å²) < 4.78 is 14.8. The Morgan fingerprint density at radius 1 is 1.26 bits per heavy atom. The van der Waals surface area contributed by atoms with Crippen molar-refractivity contribution in [1.29, 1.82) is 0 Å². The third-order valence-electron chi connectivity index (χ3n) is 3.71. The molecule has 0 saturated carbocycles. The highest BCUT2D eigenvalue weighted by Gasteiger charge is 2.27. The van der Waals surface area contributed by atoms with Crippen molar-refractivity contribution in [3.8, 4) is 0 Å². The van der Waals surface area contributed by atoms with Crippen LogP contribution < -0.4 is 11.5 Å². The first-order valence-electron chi connectivity index (χ1n) is 8.11. The van der Waals surface area contributed by atoms with Crippen LogP contribution in [-0.2, 0) is 11.0 Å². The van der Waals surface area contributed by atoms with Gasteiger partial charge in [-0.05, 0) is 71.2 Å². The van der Waals surface area contributed by atoms with E-state index in [2.05, 4.69) is 0 Å².